The first-order valence-electron chi connectivity index (χ1n) is 5.01. The van der Waals surface area contributed by atoms with E-state index in [-0.39, 0.29) is 0 Å². The second kappa shape index (κ2) is 5.91. The molecule has 0 aliphatic heterocycles. The van der Waals surface area contributed by atoms with E-state index in [1.807, 2.05) is 12.1 Å². The Morgan fingerprint density at radius 1 is 1.47 bits per heavy atom. The van der Waals surface area contributed by atoms with Crippen LogP contribution in [-0.2, 0) is 0 Å². The van der Waals surface area contributed by atoms with Crippen LogP contribution in [0.25, 0.3) is 0 Å². The quantitative estimate of drug-likeness (QED) is 0.763. The lowest BCUT2D eigenvalue weighted by molar-refractivity contribution is 0.112. The first-order chi connectivity index (χ1) is 7.13. The Kier molecular flexibility index (Phi) is 4.82. The molecule has 0 bridgehead atoms. The van der Waals surface area contributed by atoms with E-state index in [9.17, 15) is 4.79 Å². The molecule has 0 spiro atoms. The van der Waals surface area contributed by atoms with E-state index < -0.39 is 0 Å². The molecule has 3 heteroatoms. The van der Waals surface area contributed by atoms with Crippen molar-refractivity contribution in [3.05, 3.63) is 28.2 Å². The van der Waals surface area contributed by atoms with Crippen LogP contribution in [0.3, 0.4) is 0 Å². The minimum absolute atomic E-state index is 0.622. The summed E-state index contributed by atoms with van der Waals surface area (Å²) in [5.74, 6) is 1.38. The highest BCUT2D eigenvalue weighted by Gasteiger charge is 2.01. The Labute approximate surface area is 98.8 Å². The van der Waals surface area contributed by atoms with E-state index in [2.05, 4.69) is 29.8 Å². The molecule has 0 aliphatic carbocycles. The summed E-state index contributed by atoms with van der Waals surface area (Å²) >= 11 is 3.30. The molecule has 1 rings (SSSR count). The van der Waals surface area contributed by atoms with Gasteiger partial charge in [0, 0.05) is 10.0 Å². The average Bonchev–Trinajstić information content (AvgIpc) is 2.20. The zero-order valence-corrected chi connectivity index (χ0v) is 10.6. The highest BCUT2D eigenvalue weighted by atomic mass is 79.9. The Morgan fingerprint density at radius 3 is 2.80 bits per heavy atom. The van der Waals surface area contributed by atoms with Gasteiger partial charge in [0.1, 0.15) is 5.75 Å². The average molecular weight is 271 g/mol. The molecule has 0 fully saturated rings. The lowest BCUT2D eigenvalue weighted by Crippen LogP contribution is -2.01. The molecular weight excluding hydrogens is 256 g/mol. The van der Waals surface area contributed by atoms with Crippen molar-refractivity contribution in [3.8, 4) is 5.75 Å². The van der Waals surface area contributed by atoms with Crippen LogP contribution in [0.4, 0.5) is 0 Å². The number of rotatable bonds is 5. The second-order valence-electron chi connectivity index (χ2n) is 3.83. The summed E-state index contributed by atoms with van der Waals surface area (Å²) < 4.78 is 6.33. The van der Waals surface area contributed by atoms with E-state index in [1.54, 1.807) is 6.07 Å². The van der Waals surface area contributed by atoms with Gasteiger partial charge in [0.25, 0.3) is 0 Å². The predicted molar refractivity (Wildman–Crippen MR) is 64.5 cm³/mol. The summed E-state index contributed by atoms with van der Waals surface area (Å²) in [4.78, 5) is 10.7. The highest BCUT2D eigenvalue weighted by molar-refractivity contribution is 9.10. The van der Waals surface area contributed by atoms with Gasteiger partial charge in [0.05, 0.1) is 6.61 Å². The fourth-order valence-corrected chi connectivity index (χ4v) is 1.45. The lowest BCUT2D eigenvalue weighted by Gasteiger charge is -2.08. The normalized spacial score (nSPS) is 10.4. The molecule has 0 atom stereocenters. The molecule has 0 saturated heterocycles. The van der Waals surface area contributed by atoms with Crippen LogP contribution < -0.4 is 4.74 Å². The number of halogens is 1. The lowest BCUT2D eigenvalue weighted by atomic mass is 10.1. The van der Waals surface area contributed by atoms with Crippen molar-refractivity contribution in [2.24, 2.45) is 5.92 Å². The van der Waals surface area contributed by atoms with Gasteiger partial charge >= 0.3 is 0 Å². The number of benzene rings is 1. The SMILES string of the molecule is CC(C)CCOc1ccc(Br)c(C=O)c1. The molecule has 1 aromatic carbocycles. The van der Waals surface area contributed by atoms with Gasteiger partial charge in [-0.2, -0.15) is 0 Å². The monoisotopic (exact) mass is 270 g/mol. The molecule has 1 aromatic rings. The molecule has 0 heterocycles. The maximum Gasteiger partial charge on any atom is 0.151 e. The number of carbonyl (C=O) groups is 1. The zero-order valence-electron chi connectivity index (χ0n) is 9.00. The molecule has 2 nitrogen and oxygen atoms in total. The third-order valence-electron chi connectivity index (χ3n) is 2.06. The zero-order chi connectivity index (χ0) is 11.3. The fourth-order valence-electron chi connectivity index (χ4n) is 1.11. The maximum atomic E-state index is 10.7. The van der Waals surface area contributed by atoms with Gasteiger partial charge in [-0.1, -0.05) is 29.8 Å². The van der Waals surface area contributed by atoms with Crippen LogP contribution in [0.1, 0.15) is 30.6 Å². The summed E-state index contributed by atoms with van der Waals surface area (Å²) in [5.41, 5.74) is 0.622. The maximum absolute atomic E-state index is 10.7. The minimum Gasteiger partial charge on any atom is -0.494 e. The summed E-state index contributed by atoms with van der Waals surface area (Å²) in [5, 5.41) is 0. The second-order valence-corrected chi connectivity index (χ2v) is 4.69. The van der Waals surface area contributed by atoms with Crippen LogP contribution in [0.15, 0.2) is 22.7 Å². The van der Waals surface area contributed by atoms with Crippen LogP contribution in [0.5, 0.6) is 5.75 Å². The smallest absolute Gasteiger partial charge is 0.151 e. The number of ether oxygens (including phenoxy) is 1. The van der Waals surface area contributed by atoms with Gasteiger partial charge in [-0.05, 0) is 30.5 Å². The molecule has 15 heavy (non-hydrogen) atoms. The summed E-state index contributed by atoms with van der Waals surface area (Å²) in [6, 6.07) is 5.43. The Balaban J connectivity index is 2.58. The van der Waals surface area contributed by atoms with E-state index in [4.69, 9.17) is 4.74 Å². The third-order valence-corrected chi connectivity index (χ3v) is 2.78. The van der Waals surface area contributed by atoms with Gasteiger partial charge in [-0.15, -0.1) is 0 Å². The fraction of sp³-hybridized carbons (Fsp3) is 0.417. The van der Waals surface area contributed by atoms with Crippen molar-refractivity contribution in [1.29, 1.82) is 0 Å². The van der Waals surface area contributed by atoms with Crippen molar-refractivity contribution in [2.45, 2.75) is 20.3 Å². The van der Waals surface area contributed by atoms with Crippen molar-refractivity contribution < 1.29 is 9.53 Å². The van der Waals surface area contributed by atoms with Crippen LogP contribution in [-0.4, -0.2) is 12.9 Å². The Morgan fingerprint density at radius 2 is 2.20 bits per heavy atom. The van der Waals surface area contributed by atoms with Gasteiger partial charge < -0.3 is 4.74 Å². The first-order valence-corrected chi connectivity index (χ1v) is 5.80. The summed E-state index contributed by atoms with van der Waals surface area (Å²) in [6.07, 6.45) is 1.84. The van der Waals surface area contributed by atoms with E-state index in [0.29, 0.717) is 18.1 Å². The van der Waals surface area contributed by atoms with Gasteiger partial charge in [-0.3, -0.25) is 4.79 Å². The van der Waals surface area contributed by atoms with E-state index in [1.165, 1.54) is 0 Å². The van der Waals surface area contributed by atoms with Crippen LogP contribution in [0, 0.1) is 5.92 Å². The molecule has 82 valence electrons. The molecule has 0 aliphatic rings. The molecule has 0 N–H and O–H groups in total. The van der Waals surface area contributed by atoms with Gasteiger partial charge in [-0.25, -0.2) is 0 Å². The molecule has 0 unspecified atom stereocenters. The van der Waals surface area contributed by atoms with E-state index >= 15 is 0 Å². The minimum atomic E-state index is 0.622. The largest absolute Gasteiger partial charge is 0.494 e. The standard InChI is InChI=1S/C12H15BrO2/c1-9(2)5-6-15-11-3-4-12(13)10(7-11)8-14/h3-4,7-9H,5-6H2,1-2H3. The molecule has 0 aromatic heterocycles. The van der Waals surface area contributed by atoms with Gasteiger partial charge in [0.15, 0.2) is 6.29 Å². The summed E-state index contributed by atoms with van der Waals surface area (Å²) in [7, 11) is 0. The Bertz CT molecular complexity index is 334. The third kappa shape index (κ3) is 4.04. The van der Waals surface area contributed by atoms with Crippen molar-refractivity contribution >= 4 is 22.2 Å². The van der Waals surface area contributed by atoms with Crippen molar-refractivity contribution in [3.63, 3.8) is 0 Å². The topological polar surface area (TPSA) is 26.3 Å². The number of hydrogen-bond acceptors (Lipinski definition) is 2. The molecular formula is C12H15BrO2. The van der Waals surface area contributed by atoms with Crippen molar-refractivity contribution in [1.82, 2.24) is 0 Å². The van der Waals surface area contributed by atoms with Crippen LogP contribution in [0.2, 0.25) is 0 Å². The molecule has 0 radical (unpaired) electrons. The van der Waals surface area contributed by atoms with Crippen LogP contribution >= 0.6 is 15.9 Å². The van der Waals surface area contributed by atoms with E-state index in [0.717, 1.165) is 22.9 Å². The predicted octanol–water partition coefficient (Wildman–Crippen LogP) is 3.69. The Hall–Kier alpha value is -0.830. The first kappa shape index (κ1) is 12.2. The number of hydrogen-bond donors (Lipinski definition) is 0. The highest BCUT2D eigenvalue weighted by Crippen LogP contribution is 2.21. The number of carbonyl (C=O) groups excluding carboxylic acids is 1. The summed E-state index contributed by atoms with van der Waals surface area (Å²) in [6.45, 7) is 5.00. The number of aldehydes is 1. The molecule has 0 amide bonds. The van der Waals surface area contributed by atoms with Crippen molar-refractivity contribution in [2.75, 3.05) is 6.61 Å². The molecule has 0 saturated carbocycles. The van der Waals surface area contributed by atoms with Gasteiger partial charge in [0.2, 0.25) is 0 Å².